The quantitative estimate of drug-likeness (QED) is 0.280. The average Bonchev–Trinajstić information content (AvgIpc) is 3.22. The number of benzene rings is 2. The maximum atomic E-state index is 11.8. The highest BCUT2D eigenvalue weighted by molar-refractivity contribution is 6.06. The predicted octanol–water partition coefficient (Wildman–Crippen LogP) is 4.65. The number of rotatable bonds is 9. The number of carbonyl (C=O) groups is 2. The van der Waals surface area contributed by atoms with Gasteiger partial charge in [-0.15, -0.1) is 0 Å². The molecule has 9 heteroatoms. The van der Waals surface area contributed by atoms with Gasteiger partial charge in [0.25, 0.3) is 0 Å². The molecule has 2 aromatic carbocycles. The van der Waals surface area contributed by atoms with Crippen LogP contribution in [0.15, 0.2) is 60.7 Å². The van der Waals surface area contributed by atoms with Crippen molar-refractivity contribution in [3.63, 3.8) is 0 Å². The number of amides is 2. The number of pyridine rings is 1. The molecule has 1 fully saturated rings. The van der Waals surface area contributed by atoms with E-state index in [1.165, 1.54) is 11.3 Å². The van der Waals surface area contributed by atoms with Crippen LogP contribution in [0, 0.1) is 0 Å². The zero-order valence-corrected chi connectivity index (χ0v) is 21.5. The van der Waals surface area contributed by atoms with E-state index < -0.39 is 6.09 Å². The number of imidazole rings is 1. The number of nitrogens with two attached hydrogens (primary N) is 1. The van der Waals surface area contributed by atoms with Gasteiger partial charge in [-0.3, -0.25) is 4.79 Å². The number of para-hydroxylation sites is 1. The Labute approximate surface area is 221 Å². The number of fused-ring (bicyclic) bond motifs is 3. The molecule has 196 valence electrons. The Hall–Kier alpha value is -4.40. The fourth-order valence-corrected chi connectivity index (χ4v) is 4.86. The fraction of sp³-hybridized carbons (Fsp3) is 0.310. The van der Waals surface area contributed by atoms with E-state index in [-0.39, 0.29) is 25.5 Å². The number of hydrogen-bond donors (Lipinski definition) is 3. The molecule has 0 radical (unpaired) electrons. The van der Waals surface area contributed by atoms with Crippen molar-refractivity contribution in [2.75, 3.05) is 18.8 Å². The summed E-state index contributed by atoms with van der Waals surface area (Å²) in [6, 6.07) is 16.0. The van der Waals surface area contributed by atoms with Gasteiger partial charge in [0.05, 0.1) is 11.0 Å². The summed E-state index contributed by atoms with van der Waals surface area (Å²) in [5.74, 6) is 1.63. The molecule has 1 saturated carbocycles. The first kappa shape index (κ1) is 25.3. The third kappa shape index (κ3) is 5.04. The van der Waals surface area contributed by atoms with Gasteiger partial charge in [0.2, 0.25) is 5.91 Å². The topological polar surface area (TPSA) is 126 Å². The van der Waals surface area contributed by atoms with Crippen LogP contribution >= 0.6 is 0 Å². The molecular weight excluding hydrogens is 480 g/mol. The van der Waals surface area contributed by atoms with Crippen molar-refractivity contribution in [2.24, 2.45) is 0 Å². The van der Waals surface area contributed by atoms with Crippen molar-refractivity contribution in [3.05, 3.63) is 77.6 Å². The Morgan fingerprint density at radius 3 is 2.50 bits per heavy atom. The molecular formula is C29H32N6O3. The van der Waals surface area contributed by atoms with Gasteiger partial charge in [0.1, 0.15) is 11.3 Å². The summed E-state index contributed by atoms with van der Waals surface area (Å²) in [4.78, 5) is 34.3. The van der Waals surface area contributed by atoms with E-state index in [4.69, 9.17) is 10.7 Å². The van der Waals surface area contributed by atoms with Crippen molar-refractivity contribution >= 4 is 39.8 Å². The lowest BCUT2D eigenvalue weighted by molar-refractivity contribution is -0.117. The lowest BCUT2D eigenvalue weighted by atomic mass is 9.85. The predicted molar refractivity (Wildman–Crippen MR) is 148 cm³/mol. The first-order valence-corrected chi connectivity index (χ1v) is 12.9. The Kier molecular flexibility index (Phi) is 7.00. The van der Waals surface area contributed by atoms with E-state index >= 15 is 0 Å². The molecule has 0 saturated heterocycles. The maximum absolute atomic E-state index is 11.8. The van der Waals surface area contributed by atoms with Gasteiger partial charge < -0.3 is 25.6 Å². The van der Waals surface area contributed by atoms with Gasteiger partial charge in [0, 0.05) is 43.1 Å². The summed E-state index contributed by atoms with van der Waals surface area (Å²) in [6.45, 7) is 6.47. The molecule has 0 aliphatic heterocycles. The highest BCUT2D eigenvalue weighted by Gasteiger charge is 2.27. The van der Waals surface area contributed by atoms with Gasteiger partial charge in [-0.05, 0) is 37.0 Å². The molecule has 2 aromatic heterocycles. The first-order chi connectivity index (χ1) is 18.3. The smallest absolute Gasteiger partial charge is 0.407 e. The van der Waals surface area contributed by atoms with Crippen LogP contribution in [0.25, 0.3) is 21.9 Å². The second-order valence-corrected chi connectivity index (χ2v) is 9.95. The minimum Gasteiger partial charge on any atom is -0.465 e. The van der Waals surface area contributed by atoms with Crippen molar-refractivity contribution in [1.29, 1.82) is 0 Å². The van der Waals surface area contributed by atoms with E-state index in [2.05, 4.69) is 27.5 Å². The highest BCUT2D eigenvalue weighted by atomic mass is 16.4. The summed E-state index contributed by atoms with van der Waals surface area (Å²) < 4.78 is 2.28. The van der Waals surface area contributed by atoms with Crippen molar-refractivity contribution in [1.82, 2.24) is 24.8 Å². The molecule has 2 amide bonds. The highest BCUT2D eigenvalue weighted by Crippen LogP contribution is 2.39. The number of nitrogens with one attached hydrogen (secondary N) is 1. The van der Waals surface area contributed by atoms with Crippen LogP contribution in [0.4, 0.5) is 10.6 Å². The van der Waals surface area contributed by atoms with Gasteiger partial charge in [-0.1, -0.05) is 55.5 Å². The monoisotopic (exact) mass is 512 g/mol. The Bertz CT molecular complexity index is 1520. The second kappa shape index (κ2) is 10.5. The van der Waals surface area contributed by atoms with Crippen LogP contribution in [0.3, 0.4) is 0 Å². The molecule has 5 rings (SSSR count). The molecule has 0 atom stereocenters. The van der Waals surface area contributed by atoms with E-state index in [9.17, 15) is 14.7 Å². The standard InChI is InChI=1S/C29H32N6O3/c1-18(2)28(36)31-14-15-34(29(37)38)16-19-10-12-20(13-11-19)17-35-25-22-8-3-4-9-23(22)32-26(30)24(25)33-27(35)21-6-5-7-21/h3-4,8-13,21H,1,5-7,14-17H2,2H3,(H2,30,32)(H,31,36)(H,37,38). The third-order valence-corrected chi connectivity index (χ3v) is 7.17. The lowest BCUT2D eigenvalue weighted by Gasteiger charge is -2.26. The van der Waals surface area contributed by atoms with E-state index in [1.807, 2.05) is 42.5 Å². The fourth-order valence-electron chi connectivity index (χ4n) is 4.86. The largest absolute Gasteiger partial charge is 0.465 e. The van der Waals surface area contributed by atoms with Gasteiger partial charge >= 0.3 is 6.09 Å². The first-order valence-electron chi connectivity index (χ1n) is 12.9. The number of anilines is 1. The van der Waals surface area contributed by atoms with Crippen LogP contribution in [0.5, 0.6) is 0 Å². The van der Waals surface area contributed by atoms with Gasteiger partial charge in [-0.2, -0.15) is 0 Å². The maximum Gasteiger partial charge on any atom is 0.407 e. The van der Waals surface area contributed by atoms with Gasteiger partial charge in [-0.25, -0.2) is 14.8 Å². The number of aromatic nitrogens is 3. The minimum absolute atomic E-state index is 0.185. The number of hydrogen-bond acceptors (Lipinski definition) is 5. The van der Waals surface area contributed by atoms with E-state index in [1.54, 1.807) is 6.92 Å². The van der Waals surface area contributed by atoms with E-state index in [0.29, 0.717) is 23.9 Å². The molecule has 38 heavy (non-hydrogen) atoms. The number of carboxylic acid groups (broad SMARTS) is 1. The molecule has 1 aliphatic rings. The van der Waals surface area contributed by atoms with Crippen LogP contribution in [0.1, 0.15) is 49.1 Å². The molecule has 1 aliphatic carbocycles. The summed E-state index contributed by atoms with van der Waals surface area (Å²) in [7, 11) is 0. The SMILES string of the molecule is C=C(C)C(=O)NCCN(Cc1ccc(Cn2c(C3CCC3)nc3c(N)nc4ccccc4c32)cc1)C(=O)O. The number of nitrogen functional groups attached to an aromatic ring is 1. The zero-order valence-electron chi connectivity index (χ0n) is 21.5. The molecule has 9 nitrogen and oxygen atoms in total. The average molecular weight is 513 g/mol. The summed E-state index contributed by atoms with van der Waals surface area (Å²) in [5.41, 5.74) is 11.3. The van der Waals surface area contributed by atoms with Crippen molar-refractivity contribution in [3.8, 4) is 0 Å². The van der Waals surface area contributed by atoms with Gasteiger partial charge in [0.15, 0.2) is 5.82 Å². The molecule has 0 bridgehead atoms. The molecule has 4 N–H and O–H groups in total. The van der Waals surface area contributed by atoms with Crippen molar-refractivity contribution in [2.45, 2.75) is 45.2 Å². The molecule has 2 heterocycles. The number of carbonyl (C=O) groups excluding carboxylic acids is 1. The number of nitrogens with zero attached hydrogens (tertiary/aromatic N) is 4. The summed E-state index contributed by atoms with van der Waals surface area (Å²) in [6.07, 6.45) is 2.40. The summed E-state index contributed by atoms with van der Waals surface area (Å²) in [5, 5.41) is 13.3. The second-order valence-electron chi connectivity index (χ2n) is 9.95. The Balaban J connectivity index is 1.39. The lowest BCUT2D eigenvalue weighted by Crippen LogP contribution is -2.37. The van der Waals surface area contributed by atoms with Crippen LogP contribution < -0.4 is 11.1 Å². The van der Waals surface area contributed by atoms with Crippen LogP contribution in [-0.2, 0) is 17.9 Å². The van der Waals surface area contributed by atoms with Crippen LogP contribution in [-0.4, -0.2) is 49.6 Å². The summed E-state index contributed by atoms with van der Waals surface area (Å²) >= 11 is 0. The minimum atomic E-state index is -1.04. The zero-order chi connectivity index (χ0) is 26.8. The van der Waals surface area contributed by atoms with Crippen LogP contribution in [0.2, 0.25) is 0 Å². The Morgan fingerprint density at radius 2 is 1.84 bits per heavy atom. The third-order valence-electron chi connectivity index (χ3n) is 7.17. The molecule has 0 spiro atoms. The molecule has 4 aromatic rings. The molecule has 0 unspecified atom stereocenters. The van der Waals surface area contributed by atoms with E-state index in [0.717, 1.165) is 51.7 Å². The van der Waals surface area contributed by atoms with Crippen molar-refractivity contribution < 1.29 is 14.7 Å². The normalized spacial score (nSPS) is 13.4. The Morgan fingerprint density at radius 1 is 1.13 bits per heavy atom.